The fraction of sp³-hybridized carbons (Fsp3) is 0.333. The summed E-state index contributed by atoms with van der Waals surface area (Å²) in [4.78, 5) is 44.0. The van der Waals surface area contributed by atoms with Gasteiger partial charge in [0.25, 0.3) is 5.91 Å². The molecule has 0 bridgehead atoms. The van der Waals surface area contributed by atoms with E-state index in [4.69, 9.17) is 19.2 Å². The number of pyridine rings is 1. The lowest BCUT2D eigenvalue weighted by Gasteiger charge is -2.30. The minimum Gasteiger partial charge on any atom is -0.497 e. The van der Waals surface area contributed by atoms with Crippen LogP contribution in [0.4, 0.5) is 0 Å². The zero-order valence-corrected chi connectivity index (χ0v) is 19.9. The summed E-state index contributed by atoms with van der Waals surface area (Å²) in [6.07, 6.45) is 1.07. The Morgan fingerprint density at radius 2 is 1.74 bits per heavy atom. The Bertz CT molecular complexity index is 1220. The van der Waals surface area contributed by atoms with Crippen LogP contribution in [0.1, 0.15) is 30.1 Å². The molecule has 1 amide bonds. The van der Waals surface area contributed by atoms with E-state index in [9.17, 15) is 14.4 Å². The summed E-state index contributed by atoms with van der Waals surface area (Å²) in [7, 11) is 1.55. The van der Waals surface area contributed by atoms with E-state index in [1.165, 1.54) is 0 Å². The minimum atomic E-state index is -0.613. The summed E-state index contributed by atoms with van der Waals surface area (Å²) < 4.78 is 15.8. The number of carbonyl (C=O) groups is 3. The second kappa shape index (κ2) is 11.0. The Morgan fingerprint density at radius 3 is 2.43 bits per heavy atom. The first kappa shape index (κ1) is 24.2. The molecule has 1 fully saturated rings. The smallest absolute Gasteiger partial charge is 0.339 e. The van der Waals surface area contributed by atoms with Crippen molar-refractivity contribution < 1.29 is 28.6 Å². The third-order valence-electron chi connectivity index (χ3n) is 6.10. The van der Waals surface area contributed by atoms with Gasteiger partial charge in [-0.15, -0.1) is 0 Å². The Kier molecular flexibility index (Phi) is 7.60. The number of rotatable bonds is 7. The van der Waals surface area contributed by atoms with Gasteiger partial charge in [-0.2, -0.15) is 0 Å². The fourth-order valence-electron chi connectivity index (χ4n) is 4.18. The van der Waals surface area contributed by atoms with Gasteiger partial charge >= 0.3 is 11.9 Å². The van der Waals surface area contributed by atoms with E-state index in [1.54, 1.807) is 43.2 Å². The van der Waals surface area contributed by atoms with Gasteiger partial charge in [-0.25, -0.2) is 9.78 Å². The Morgan fingerprint density at radius 1 is 1.00 bits per heavy atom. The summed E-state index contributed by atoms with van der Waals surface area (Å²) >= 11 is 0. The molecular weight excluding hydrogens is 448 g/mol. The first-order valence-corrected chi connectivity index (χ1v) is 11.7. The van der Waals surface area contributed by atoms with Crippen LogP contribution in [0, 0.1) is 5.92 Å². The molecule has 1 aliphatic heterocycles. The number of hydrogen-bond acceptors (Lipinski definition) is 7. The lowest BCUT2D eigenvalue weighted by molar-refractivity contribution is -0.151. The van der Waals surface area contributed by atoms with E-state index < -0.39 is 5.97 Å². The molecule has 0 N–H and O–H groups in total. The molecule has 2 heterocycles. The van der Waals surface area contributed by atoms with Crippen LogP contribution >= 0.6 is 0 Å². The Labute approximate surface area is 203 Å². The number of aromatic nitrogens is 1. The van der Waals surface area contributed by atoms with Crippen molar-refractivity contribution in [2.24, 2.45) is 5.92 Å². The molecule has 2 aromatic carbocycles. The predicted molar refractivity (Wildman–Crippen MR) is 130 cm³/mol. The van der Waals surface area contributed by atoms with Crippen LogP contribution in [0.5, 0.6) is 5.75 Å². The minimum absolute atomic E-state index is 0.198. The van der Waals surface area contributed by atoms with E-state index in [-0.39, 0.29) is 24.4 Å². The van der Waals surface area contributed by atoms with Crippen molar-refractivity contribution in [3.63, 3.8) is 0 Å². The highest BCUT2D eigenvalue weighted by molar-refractivity contribution is 6.05. The first-order chi connectivity index (χ1) is 17.0. The van der Waals surface area contributed by atoms with Crippen molar-refractivity contribution in [2.75, 3.05) is 33.4 Å². The standard InChI is InChI=1S/C27H28N2O6/c1-3-34-26(31)19-11-13-29(14-12-19)25(30)17-35-27(32)22-16-24(18-7-5-4-6-8-18)28-23-10-9-20(33-2)15-21(22)23/h4-10,15-16,19H,3,11-14,17H2,1-2H3. The van der Waals surface area contributed by atoms with Gasteiger partial charge in [-0.1, -0.05) is 30.3 Å². The highest BCUT2D eigenvalue weighted by Crippen LogP contribution is 2.28. The lowest BCUT2D eigenvalue weighted by atomic mass is 9.97. The number of benzene rings is 2. The number of esters is 2. The van der Waals surface area contributed by atoms with Gasteiger partial charge in [-0.05, 0) is 44.0 Å². The Balaban J connectivity index is 1.49. The van der Waals surface area contributed by atoms with Crippen LogP contribution in [0.3, 0.4) is 0 Å². The SMILES string of the molecule is CCOC(=O)C1CCN(C(=O)COC(=O)c2cc(-c3ccccc3)nc3ccc(OC)cc23)CC1. The van der Waals surface area contributed by atoms with E-state index in [1.807, 2.05) is 30.3 Å². The molecule has 3 aromatic rings. The third-order valence-corrected chi connectivity index (χ3v) is 6.10. The largest absolute Gasteiger partial charge is 0.497 e. The average molecular weight is 477 g/mol. The molecule has 1 saturated heterocycles. The number of likely N-dealkylation sites (tertiary alicyclic amines) is 1. The number of ether oxygens (including phenoxy) is 3. The number of methoxy groups -OCH3 is 1. The molecule has 0 aliphatic carbocycles. The highest BCUT2D eigenvalue weighted by atomic mass is 16.5. The molecule has 0 spiro atoms. The molecule has 0 unspecified atom stereocenters. The number of fused-ring (bicyclic) bond motifs is 1. The van der Waals surface area contributed by atoms with Crippen molar-refractivity contribution in [3.8, 4) is 17.0 Å². The maximum atomic E-state index is 13.1. The van der Waals surface area contributed by atoms with Gasteiger partial charge in [0, 0.05) is 24.0 Å². The number of hydrogen-bond donors (Lipinski definition) is 0. The molecule has 35 heavy (non-hydrogen) atoms. The van der Waals surface area contributed by atoms with Crippen molar-refractivity contribution in [1.82, 2.24) is 9.88 Å². The van der Waals surface area contributed by atoms with Crippen LogP contribution < -0.4 is 4.74 Å². The van der Waals surface area contributed by atoms with Crippen LogP contribution in [-0.2, 0) is 19.1 Å². The van der Waals surface area contributed by atoms with Crippen molar-refractivity contribution in [1.29, 1.82) is 0 Å². The van der Waals surface area contributed by atoms with Crippen molar-refractivity contribution >= 4 is 28.7 Å². The van der Waals surface area contributed by atoms with Gasteiger partial charge in [0.2, 0.25) is 0 Å². The highest BCUT2D eigenvalue weighted by Gasteiger charge is 2.28. The van der Waals surface area contributed by atoms with Crippen LogP contribution in [0.15, 0.2) is 54.6 Å². The fourth-order valence-corrected chi connectivity index (χ4v) is 4.18. The number of piperidine rings is 1. The summed E-state index contributed by atoms with van der Waals surface area (Å²) in [5.41, 5.74) is 2.41. The molecule has 0 radical (unpaired) electrons. The maximum Gasteiger partial charge on any atom is 0.339 e. The molecule has 182 valence electrons. The van der Waals surface area contributed by atoms with E-state index in [2.05, 4.69) is 0 Å². The maximum absolute atomic E-state index is 13.1. The number of amides is 1. The van der Waals surface area contributed by atoms with E-state index in [0.29, 0.717) is 60.4 Å². The number of carbonyl (C=O) groups excluding carboxylic acids is 3. The molecule has 0 atom stereocenters. The van der Waals surface area contributed by atoms with Gasteiger partial charge in [0.15, 0.2) is 6.61 Å². The third kappa shape index (κ3) is 5.59. The average Bonchev–Trinajstić information content (AvgIpc) is 2.91. The number of nitrogens with zero attached hydrogens (tertiary/aromatic N) is 2. The van der Waals surface area contributed by atoms with Crippen LogP contribution in [-0.4, -0.2) is 61.1 Å². The van der Waals surface area contributed by atoms with Gasteiger partial charge in [0.05, 0.1) is 36.4 Å². The molecule has 4 rings (SSSR count). The quantitative estimate of drug-likeness (QED) is 0.478. The normalized spacial score (nSPS) is 13.9. The molecule has 8 nitrogen and oxygen atoms in total. The molecule has 1 aliphatic rings. The van der Waals surface area contributed by atoms with Gasteiger partial charge in [-0.3, -0.25) is 9.59 Å². The van der Waals surface area contributed by atoms with Crippen LogP contribution in [0.2, 0.25) is 0 Å². The summed E-state index contributed by atoms with van der Waals surface area (Å²) in [5, 5.41) is 0.580. The van der Waals surface area contributed by atoms with E-state index >= 15 is 0 Å². The van der Waals surface area contributed by atoms with Crippen LogP contribution in [0.25, 0.3) is 22.2 Å². The molecular formula is C27H28N2O6. The monoisotopic (exact) mass is 476 g/mol. The Hall–Kier alpha value is -3.94. The lowest BCUT2D eigenvalue weighted by Crippen LogP contribution is -2.42. The van der Waals surface area contributed by atoms with Gasteiger partial charge in [0.1, 0.15) is 5.75 Å². The second-order valence-electron chi connectivity index (χ2n) is 8.29. The predicted octanol–water partition coefficient (Wildman–Crippen LogP) is 3.87. The zero-order chi connectivity index (χ0) is 24.8. The van der Waals surface area contributed by atoms with Crippen molar-refractivity contribution in [2.45, 2.75) is 19.8 Å². The first-order valence-electron chi connectivity index (χ1n) is 11.7. The summed E-state index contributed by atoms with van der Waals surface area (Å²) in [6, 6.07) is 16.5. The van der Waals surface area contributed by atoms with Gasteiger partial charge < -0.3 is 19.1 Å². The second-order valence-corrected chi connectivity index (χ2v) is 8.29. The molecule has 1 aromatic heterocycles. The summed E-state index contributed by atoms with van der Waals surface area (Å²) in [6.45, 7) is 2.59. The zero-order valence-electron chi connectivity index (χ0n) is 19.9. The topological polar surface area (TPSA) is 95.0 Å². The molecule has 0 saturated carbocycles. The summed E-state index contributed by atoms with van der Waals surface area (Å²) in [5.74, 6) is -0.741. The molecule has 8 heteroatoms. The van der Waals surface area contributed by atoms with E-state index in [0.717, 1.165) is 5.56 Å². The van der Waals surface area contributed by atoms with Crippen molar-refractivity contribution in [3.05, 3.63) is 60.2 Å².